The lowest BCUT2D eigenvalue weighted by Gasteiger charge is -2.17. The molecule has 0 saturated heterocycles. The second-order valence-corrected chi connectivity index (χ2v) is 4.26. The molecule has 72 valence electrons. The summed E-state index contributed by atoms with van der Waals surface area (Å²) in [4.78, 5) is 10.8. The molecule has 0 heterocycles. The summed E-state index contributed by atoms with van der Waals surface area (Å²) in [6.45, 7) is 2.44. The molecular formula is C6H9F3INO. The molecule has 0 aromatic heterocycles. The highest BCUT2D eigenvalue weighted by atomic mass is 127. The van der Waals surface area contributed by atoms with Crippen molar-refractivity contribution in [1.82, 2.24) is 5.32 Å². The van der Waals surface area contributed by atoms with Crippen LogP contribution in [0.4, 0.5) is 13.2 Å². The molecule has 0 aliphatic rings. The van der Waals surface area contributed by atoms with Crippen molar-refractivity contribution in [3.05, 3.63) is 0 Å². The molecule has 0 saturated carbocycles. The fraction of sp³-hybridized carbons (Fsp3) is 0.833. The first-order valence-electron chi connectivity index (χ1n) is 3.26. The van der Waals surface area contributed by atoms with E-state index in [0.717, 1.165) is 6.92 Å². The fourth-order valence-electron chi connectivity index (χ4n) is 0.410. The Morgan fingerprint density at radius 3 is 2.08 bits per heavy atom. The van der Waals surface area contributed by atoms with Crippen molar-refractivity contribution >= 4 is 28.5 Å². The van der Waals surface area contributed by atoms with Crippen LogP contribution in [0.5, 0.6) is 0 Å². The van der Waals surface area contributed by atoms with Gasteiger partial charge in [-0.3, -0.25) is 4.79 Å². The minimum Gasteiger partial charge on any atom is -0.344 e. The number of nitrogens with one attached hydrogen (secondary N) is 1. The minimum absolute atomic E-state index is 0.451. The van der Waals surface area contributed by atoms with Gasteiger partial charge in [0.2, 0.25) is 5.91 Å². The zero-order valence-corrected chi connectivity index (χ0v) is 8.73. The Morgan fingerprint density at radius 2 is 1.83 bits per heavy atom. The van der Waals surface area contributed by atoms with Gasteiger partial charge in [-0.15, -0.1) is 0 Å². The number of hydrogen-bond acceptors (Lipinski definition) is 1. The van der Waals surface area contributed by atoms with Gasteiger partial charge in [0.05, 0.1) is 3.92 Å². The van der Waals surface area contributed by atoms with Crippen molar-refractivity contribution in [2.45, 2.75) is 30.0 Å². The molecule has 1 N–H and O–H groups in total. The topological polar surface area (TPSA) is 29.1 Å². The number of amides is 1. The Labute approximate surface area is 82.0 Å². The van der Waals surface area contributed by atoms with Crippen LogP contribution in [0, 0.1) is 0 Å². The highest BCUT2D eigenvalue weighted by Crippen LogP contribution is 2.19. The summed E-state index contributed by atoms with van der Waals surface area (Å²) in [6, 6.07) is -1.78. The normalized spacial score (nSPS) is 16.8. The van der Waals surface area contributed by atoms with E-state index >= 15 is 0 Å². The highest BCUT2D eigenvalue weighted by Gasteiger charge is 2.37. The zero-order valence-electron chi connectivity index (χ0n) is 6.57. The number of carbonyl (C=O) groups excluding carboxylic acids is 1. The van der Waals surface area contributed by atoms with Gasteiger partial charge in [0.1, 0.15) is 6.04 Å². The van der Waals surface area contributed by atoms with Gasteiger partial charge in [0.15, 0.2) is 0 Å². The molecule has 2 nitrogen and oxygen atoms in total. The lowest BCUT2D eigenvalue weighted by molar-refractivity contribution is -0.157. The molecule has 0 radical (unpaired) electrons. The van der Waals surface area contributed by atoms with Gasteiger partial charge in [0.25, 0.3) is 0 Å². The van der Waals surface area contributed by atoms with Crippen LogP contribution in [0.25, 0.3) is 0 Å². The number of carbonyl (C=O) groups is 1. The largest absolute Gasteiger partial charge is 0.408 e. The summed E-state index contributed by atoms with van der Waals surface area (Å²) in [5, 5.41) is 1.85. The molecule has 0 fully saturated rings. The second-order valence-electron chi connectivity index (χ2n) is 2.39. The number of rotatable bonds is 2. The van der Waals surface area contributed by atoms with E-state index in [0.29, 0.717) is 0 Å². The van der Waals surface area contributed by atoms with Gasteiger partial charge in [-0.2, -0.15) is 13.2 Å². The molecule has 0 aliphatic carbocycles. The maximum Gasteiger partial charge on any atom is 0.408 e. The summed E-state index contributed by atoms with van der Waals surface area (Å²) in [7, 11) is 0. The van der Waals surface area contributed by atoms with Gasteiger partial charge in [-0.1, -0.05) is 22.6 Å². The number of hydrogen-bond donors (Lipinski definition) is 1. The third kappa shape index (κ3) is 4.13. The Kier molecular flexibility index (Phi) is 4.29. The third-order valence-electron chi connectivity index (χ3n) is 1.21. The van der Waals surface area contributed by atoms with E-state index in [1.165, 1.54) is 6.92 Å². The zero-order chi connectivity index (χ0) is 9.94. The summed E-state index contributed by atoms with van der Waals surface area (Å²) in [5.74, 6) is -0.597. The van der Waals surface area contributed by atoms with Crippen molar-refractivity contribution in [3.63, 3.8) is 0 Å². The maximum atomic E-state index is 11.9. The molecule has 0 rings (SSSR count). The van der Waals surface area contributed by atoms with E-state index in [2.05, 4.69) is 0 Å². The van der Waals surface area contributed by atoms with Gasteiger partial charge in [0, 0.05) is 0 Å². The molecule has 2 unspecified atom stereocenters. The Hall–Kier alpha value is -0.0100. The van der Waals surface area contributed by atoms with Crippen LogP contribution < -0.4 is 5.32 Å². The standard InChI is InChI=1S/C6H9F3INO/c1-3(10)5(12)11-4(2)6(7,8)9/h3-4H,1-2H3,(H,11,12). The second kappa shape index (κ2) is 4.29. The quantitative estimate of drug-likeness (QED) is 0.611. The van der Waals surface area contributed by atoms with Crippen LogP contribution in [0.2, 0.25) is 0 Å². The van der Waals surface area contributed by atoms with Gasteiger partial charge in [-0.25, -0.2) is 0 Å². The first-order valence-corrected chi connectivity index (χ1v) is 4.51. The van der Waals surface area contributed by atoms with Gasteiger partial charge < -0.3 is 5.32 Å². The first kappa shape index (κ1) is 12.0. The van der Waals surface area contributed by atoms with Crippen molar-refractivity contribution in [1.29, 1.82) is 0 Å². The van der Waals surface area contributed by atoms with Crippen LogP contribution in [0.15, 0.2) is 0 Å². The fourth-order valence-corrected chi connectivity index (χ4v) is 0.590. The Bertz CT molecular complexity index is 169. The van der Waals surface area contributed by atoms with Crippen molar-refractivity contribution in [3.8, 4) is 0 Å². The van der Waals surface area contributed by atoms with E-state index in [4.69, 9.17) is 0 Å². The SMILES string of the molecule is CC(I)C(=O)NC(C)C(F)(F)F. The molecular weight excluding hydrogens is 286 g/mol. The maximum absolute atomic E-state index is 11.9. The highest BCUT2D eigenvalue weighted by molar-refractivity contribution is 14.1. The summed E-state index contributed by atoms with van der Waals surface area (Å²) in [5.41, 5.74) is 0. The monoisotopic (exact) mass is 295 g/mol. The van der Waals surface area contributed by atoms with E-state index in [1.807, 2.05) is 5.32 Å². The molecule has 12 heavy (non-hydrogen) atoms. The lowest BCUT2D eigenvalue weighted by atomic mass is 10.3. The first-order chi connectivity index (χ1) is 5.25. The molecule has 2 atom stereocenters. The molecule has 0 aromatic carbocycles. The minimum atomic E-state index is -4.36. The molecule has 0 aromatic rings. The summed E-state index contributed by atoms with van der Waals surface area (Å²) < 4.78 is 35.1. The lowest BCUT2D eigenvalue weighted by Crippen LogP contribution is -2.45. The summed E-state index contributed by atoms with van der Waals surface area (Å²) in [6.07, 6.45) is -4.36. The predicted octanol–water partition coefficient (Wildman–Crippen LogP) is 1.88. The van der Waals surface area contributed by atoms with Gasteiger partial charge >= 0.3 is 6.18 Å². The molecule has 6 heteroatoms. The van der Waals surface area contributed by atoms with Crippen LogP contribution in [-0.4, -0.2) is 22.0 Å². The molecule has 1 amide bonds. The Morgan fingerprint density at radius 1 is 1.42 bits per heavy atom. The van der Waals surface area contributed by atoms with E-state index in [9.17, 15) is 18.0 Å². The summed E-state index contributed by atoms with van der Waals surface area (Å²) >= 11 is 1.75. The smallest absolute Gasteiger partial charge is 0.344 e. The van der Waals surface area contributed by atoms with Crippen LogP contribution in [-0.2, 0) is 4.79 Å². The van der Waals surface area contributed by atoms with Gasteiger partial charge in [-0.05, 0) is 13.8 Å². The van der Waals surface area contributed by atoms with E-state index in [1.54, 1.807) is 22.6 Å². The van der Waals surface area contributed by atoms with E-state index < -0.39 is 22.0 Å². The van der Waals surface area contributed by atoms with E-state index in [-0.39, 0.29) is 0 Å². The van der Waals surface area contributed by atoms with Crippen LogP contribution in [0.1, 0.15) is 13.8 Å². The van der Waals surface area contributed by atoms with Crippen molar-refractivity contribution in [2.75, 3.05) is 0 Å². The van der Waals surface area contributed by atoms with Crippen LogP contribution in [0.3, 0.4) is 0 Å². The molecule has 0 bridgehead atoms. The Balaban J connectivity index is 4.02. The van der Waals surface area contributed by atoms with Crippen molar-refractivity contribution in [2.24, 2.45) is 0 Å². The average molecular weight is 295 g/mol. The molecule has 0 aliphatic heterocycles. The molecule has 0 spiro atoms. The predicted molar refractivity (Wildman–Crippen MR) is 47.1 cm³/mol. The number of alkyl halides is 4. The number of halogens is 4. The third-order valence-corrected chi connectivity index (χ3v) is 1.78. The average Bonchev–Trinajstić information content (AvgIpc) is 1.85. The van der Waals surface area contributed by atoms with Crippen LogP contribution >= 0.6 is 22.6 Å². The van der Waals surface area contributed by atoms with Crippen molar-refractivity contribution < 1.29 is 18.0 Å².